The molecule has 3 aromatic carbocycles. The molecule has 3 aromatic rings. The van der Waals surface area contributed by atoms with Crippen LogP contribution in [-0.4, -0.2) is 30.5 Å². The molecule has 0 bridgehead atoms. The summed E-state index contributed by atoms with van der Waals surface area (Å²) in [6.07, 6.45) is 3.50. The van der Waals surface area contributed by atoms with Crippen LogP contribution in [0.1, 0.15) is 42.4 Å². The van der Waals surface area contributed by atoms with Crippen LogP contribution < -0.4 is 11.1 Å². The number of rotatable bonds is 8. The van der Waals surface area contributed by atoms with Crippen molar-refractivity contribution < 1.29 is 19.4 Å². The van der Waals surface area contributed by atoms with E-state index in [1.165, 1.54) is 27.8 Å². The number of para-hydroxylation sites is 2. The number of amides is 1. The number of aliphatic hydroxyl groups excluding tert-OH is 1. The molecule has 3 unspecified atom stereocenters. The van der Waals surface area contributed by atoms with Crippen molar-refractivity contribution in [3.8, 4) is 11.1 Å². The van der Waals surface area contributed by atoms with Crippen LogP contribution in [-0.2, 0) is 20.7 Å². The molecule has 1 aliphatic heterocycles. The number of nitrogens with two attached hydrogens (primary N) is 1. The zero-order valence-corrected chi connectivity index (χ0v) is 20.4. The number of nitrogens with one attached hydrogen (secondary N) is 1. The first-order valence-electron chi connectivity index (χ1n) is 12.6. The number of fused-ring (bicyclic) bond motifs is 3. The van der Waals surface area contributed by atoms with Crippen molar-refractivity contribution in [2.75, 3.05) is 24.3 Å². The van der Waals surface area contributed by atoms with E-state index in [0.717, 1.165) is 6.42 Å². The molecule has 36 heavy (non-hydrogen) atoms. The second-order valence-electron chi connectivity index (χ2n) is 9.28. The van der Waals surface area contributed by atoms with E-state index >= 15 is 0 Å². The van der Waals surface area contributed by atoms with Crippen LogP contribution in [0.3, 0.4) is 0 Å². The smallest absolute Gasteiger partial charge is 0.290 e. The van der Waals surface area contributed by atoms with Gasteiger partial charge in [0.2, 0.25) is 6.29 Å². The van der Waals surface area contributed by atoms with Crippen LogP contribution in [0.15, 0.2) is 78.6 Å². The van der Waals surface area contributed by atoms with Gasteiger partial charge in [-0.15, -0.1) is 0 Å². The van der Waals surface area contributed by atoms with E-state index in [-0.39, 0.29) is 30.1 Å². The zero-order chi connectivity index (χ0) is 25.1. The molecule has 0 saturated carbocycles. The van der Waals surface area contributed by atoms with E-state index in [1.807, 2.05) is 25.1 Å². The molecule has 4 N–H and O–H groups in total. The van der Waals surface area contributed by atoms with Crippen molar-refractivity contribution in [1.82, 2.24) is 0 Å². The lowest BCUT2D eigenvalue weighted by molar-refractivity contribution is -0.165. The number of nitrogen functional groups attached to an aromatic ring is 1. The lowest BCUT2D eigenvalue weighted by atomic mass is 9.78. The maximum absolute atomic E-state index is 13.3. The van der Waals surface area contributed by atoms with Crippen molar-refractivity contribution in [2.45, 2.75) is 38.4 Å². The number of allylic oxidation sites excluding steroid dienone is 1. The Bertz CT molecular complexity index is 1290. The normalized spacial score (nSPS) is 20.2. The van der Waals surface area contributed by atoms with Gasteiger partial charge in [0, 0.05) is 25.0 Å². The summed E-state index contributed by atoms with van der Waals surface area (Å²) in [7, 11) is 0. The molecule has 6 nitrogen and oxygen atoms in total. The fourth-order valence-corrected chi connectivity index (χ4v) is 5.41. The quantitative estimate of drug-likeness (QED) is 0.298. The van der Waals surface area contributed by atoms with Gasteiger partial charge in [0.05, 0.1) is 11.4 Å². The lowest BCUT2D eigenvalue weighted by Crippen LogP contribution is -2.37. The van der Waals surface area contributed by atoms with Crippen LogP contribution in [0.5, 0.6) is 0 Å². The molecule has 1 aliphatic carbocycles. The maximum Gasteiger partial charge on any atom is 0.290 e. The molecule has 0 spiro atoms. The van der Waals surface area contributed by atoms with Gasteiger partial charge >= 0.3 is 0 Å². The Morgan fingerprint density at radius 1 is 1.08 bits per heavy atom. The van der Waals surface area contributed by atoms with Crippen LogP contribution in [0.4, 0.5) is 11.4 Å². The molecule has 2 aliphatic rings. The number of hydrogen-bond acceptors (Lipinski definition) is 5. The molecule has 3 atom stereocenters. The Morgan fingerprint density at radius 3 is 2.67 bits per heavy atom. The summed E-state index contributed by atoms with van der Waals surface area (Å²) < 4.78 is 12.2. The highest BCUT2D eigenvalue weighted by Crippen LogP contribution is 2.46. The lowest BCUT2D eigenvalue weighted by Gasteiger charge is -2.37. The highest BCUT2D eigenvalue weighted by molar-refractivity contribution is 6.04. The zero-order valence-electron chi connectivity index (χ0n) is 20.4. The SMILES string of the molecule is CCOC1OC(C(=O)Nc2ccccc2N)=CC(c2cccc3c2Cc2ccccc2-3)C1CCCO. The summed E-state index contributed by atoms with van der Waals surface area (Å²) in [4.78, 5) is 13.3. The molecule has 0 saturated heterocycles. The molecule has 0 fully saturated rings. The standard InChI is InChI=1S/C30H32N2O4/c1-2-35-30-23(13-8-16-33)25(18-28(36-30)29(34)32-27-15-6-5-14-26(27)31)22-12-7-11-21-20-10-4-3-9-19(20)17-24(21)22/h3-7,9-12,14-15,18,23,25,30,33H,2,8,13,16-17,31H2,1H3,(H,32,34). The Morgan fingerprint density at radius 2 is 1.86 bits per heavy atom. The highest BCUT2D eigenvalue weighted by Gasteiger charge is 2.39. The van der Waals surface area contributed by atoms with Gasteiger partial charge in [-0.1, -0.05) is 54.6 Å². The first kappa shape index (κ1) is 24.1. The molecule has 0 aromatic heterocycles. The summed E-state index contributed by atoms with van der Waals surface area (Å²) in [6, 6.07) is 22.0. The van der Waals surface area contributed by atoms with Crippen LogP contribution in [0.25, 0.3) is 11.1 Å². The summed E-state index contributed by atoms with van der Waals surface area (Å²) in [6.45, 7) is 2.46. The predicted molar refractivity (Wildman–Crippen MR) is 141 cm³/mol. The highest BCUT2D eigenvalue weighted by atomic mass is 16.7. The first-order chi connectivity index (χ1) is 17.6. The van der Waals surface area contributed by atoms with E-state index in [0.29, 0.717) is 30.8 Å². The summed E-state index contributed by atoms with van der Waals surface area (Å²) in [5.74, 6) is -0.306. The van der Waals surface area contributed by atoms with Crippen molar-refractivity contribution in [3.63, 3.8) is 0 Å². The average molecular weight is 485 g/mol. The molecule has 5 rings (SSSR count). The van der Waals surface area contributed by atoms with Gasteiger partial charge in [0.15, 0.2) is 5.76 Å². The third kappa shape index (κ3) is 4.62. The first-order valence-corrected chi connectivity index (χ1v) is 12.6. The molecule has 186 valence electrons. The molecular formula is C30H32N2O4. The van der Waals surface area contributed by atoms with E-state index < -0.39 is 6.29 Å². The number of ether oxygens (including phenoxy) is 2. The maximum atomic E-state index is 13.3. The Balaban J connectivity index is 1.56. The minimum atomic E-state index is -0.606. The van der Waals surface area contributed by atoms with Crippen molar-refractivity contribution in [3.05, 3.63) is 95.3 Å². The molecule has 0 radical (unpaired) electrons. The Labute approximate surface area is 211 Å². The number of hydrogen-bond donors (Lipinski definition) is 3. The molecule has 1 heterocycles. The predicted octanol–water partition coefficient (Wildman–Crippen LogP) is 5.23. The van der Waals surface area contributed by atoms with Gasteiger partial charge in [-0.25, -0.2) is 0 Å². The van der Waals surface area contributed by atoms with Gasteiger partial charge in [-0.3, -0.25) is 4.79 Å². The Hall–Kier alpha value is -3.61. The van der Waals surface area contributed by atoms with E-state index in [9.17, 15) is 9.90 Å². The van der Waals surface area contributed by atoms with Gasteiger partial charge in [0.25, 0.3) is 5.91 Å². The third-order valence-electron chi connectivity index (χ3n) is 7.09. The van der Waals surface area contributed by atoms with Crippen LogP contribution in [0, 0.1) is 5.92 Å². The van der Waals surface area contributed by atoms with Crippen molar-refractivity contribution >= 4 is 17.3 Å². The largest absolute Gasteiger partial charge is 0.459 e. The molecular weight excluding hydrogens is 452 g/mol. The number of carbonyl (C=O) groups excluding carboxylic acids is 1. The van der Waals surface area contributed by atoms with Crippen molar-refractivity contribution in [2.24, 2.45) is 5.92 Å². The van der Waals surface area contributed by atoms with Gasteiger partial charge < -0.3 is 25.6 Å². The summed E-state index contributed by atoms with van der Waals surface area (Å²) in [5, 5.41) is 12.5. The van der Waals surface area contributed by atoms with Crippen LogP contribution >= 0.6 is 0 Å². The fourth-order valence-electron chi connectivity index (χ4n) is 5.41. The van der Waals surface area contributed by atoms with E-state index in [2.05, 4.69) is 47.8 Å². The average Bonchev–Trinajstić information content (AvgIpc) is 3.28. The van der Waals surface area contributed by atoms with E-state index in [1.54, 1.807) is 12.1 Å². The number of aliphatic hydroxyl groups is 1. The molecule has 6 heteroatoms. The minimum Gasteiger partial charge on any atom is -0.459 e. The summed E-state index contributed by atoms with van der Waals surface area (Å²) >= 11 is 0. The van der Waals surface area contributed by atoms with E-state index in [4.69, 9.17) is 15.2 Å². The number of carbonyl (C=O) groups is 1. The third-order valence-corrected chi connectivity index (χ3v) is 7.09. The van der Waals surface area contributed by atoms with Gasteiger partial charge in [-0.05, 0) is 72.2 Å². The van der Waals surface area contributed by atoms with Gasteiger partial charge in [0.1, 0.15) is 0 Å². The number of anilines is 2. The summed E-state index contributed by atoms with van der Waals surface area (Å²) in [5.41, 5.74) is 13.3. The minimum absolute atomic E-state index is 0.0503. The van der Waals surface area contributed by atoms with Gasteiger partial charge in [-0.2, -0.15) is 0 Å². The molecule has 1 amide bonds. The second-order valence-corrected chi connectivity index (χ2v) is 9.28. The van der Waals surface area contributed by atoms with Crippen molar-refractivity contribution in [1.29, 1.82) is 0 Å². The van der Waals surface area contributed by atoms with Crippen LogP contribution in [0.2, 0.25) is 0 Å². The Kier molecular flexibility index (Phi) is 7.07. The topological polar surface area (TPSA) is 93.8 Å². The second kappa shape index (κ2) is 10.6. The fraction of sp³-hybridized carbons (Fsp3) is 0.300. The number of benzene rings is 3. The monoisotopic (exact) mass is 484 g/mol.